The van der Waals surface area contributed by atoms with Crippen molar-refractivity contribution in [2.45, 2.75) is 38.1 Å². The third kappa shape index (κ3) is 4.49. The molecular weight excluding hydrogens is 452 g/mol. The average molecular weight is 485 g/mol. The van der Waals surface area contributed by atoms with Gasteiger partial charge in [0.05, 0.1) is 11.4 Å². The van der Waals surface area contributed by atoms with Crippen molar-refractivity contribution in [3.05, 3.63) is 59.7 Å². The summed E-state index contributed by atoms with van der Waals surface area (Å²) in [6.45, 7) is 8.67. The number of piperazine rings is 1. The van der Waals surface area contributed by atoms with Crippen molar-refractivity contribution >= 4 is 27.6 Å². The van der Waals surface area contributed by atoms with Crippen LogP contribution in [-0.2, 0) is 14.8 Å². The van der Waals surface area contributed by atoms with Crippen LogP contribution in [0.5, 0.6) is 0 Å². The van der Waals surface area contributed by atoms with E-state index in [0.29, 0.717) is 39.1 Å². The number of carbonyl (C=O) groups excluding carboxylic acids is 2. The van der Waals surface area contributed by atoms with Crippen LogP contribution in [0.15, 0.2) is 53.4 Å². The molecule has 2 saturated heterocycles. The summed E-state index contributed by atoms with van der Waals surface area (Å²) in [4.78, 5) is 32.1. The summed E-state index contributed by atoms with van der Waals surface area (Å²) in [5.41, 5.74) is 3.57. The largest absolute Gasteiger partial charge is 0.368 e. The van der Waals surface area contributed by atoms with Crippen LogP contribution in [0.25, 0.3) is 0 Å². The first-order valence-electron chi connectivity index (χ1n) is 11.7. The Hall–Kier alpha value is -3.07. The Morgan fingerprint density at radius 2 is 1.68 bits per heavy atom. The molecule has 2 aliphatic rings. The Balaban J connectivity index is 1.50. The molecule has 182 valence electrons. The highest BCUT2D eigenvalue weighted by Crippen LogP contribution is 2.27. The van der Waals surface area contributed by atoms with Gasteiger partial charge in [-0.1, -0.05) is 37.3 Å². The maximum Gasteiger partial charge on any atom is 0.334 e. The van der Waals surface area contributed by atoms with Crippen LogP contribution < -0.4 is 4.90 Å². The highest BCUT2D eigenvalue weighted by molar-refractivity contribution is 7.89. The fraction of sp³-hybridized carbons (Fsp3) is 0.440. The van der Waals surface area contributed by atoms with Crippen molar-refractivity contribution < 1.29 is 18.0 Å². The van der Waals surface area contributed by atoms with Gasteiger partial charge in [0.15, 0.2) is 0 Å². The van der Waals surface area contributed by atoms with Gasteiger partial charge < -0.3 is 14.7 Å². The molecule has 8 nitrogen and oxygen atoms in total. The van der Waals surface area contributed by atoms with E-state index in [4.69, 9.17) is 0 Å². The lowest BCUT2D eigenvalue weighted by Crippen LogP contribution is -2.54. The minimum Gasteiger partial charge on any atom is -0.368 e. The summed E-state index contributed by atoms with van der Waals surface area (Å²) >= 11 is 0. The number of aryl methyl sites for hydroxylation is 2. The second kappa shape index (κ2) is 9.66. The summed E-state index contributed by atoms with van der Waals surface area (Å²) in [7, 11) is -4.03. The predicted octanol–water partition coefficient (Wildman–Crippen LogP) is 2.86. The van der Waals surface area contributed by atoms with E-state index in [1.807, 2.05) is 6.92 Å². The molecule has 2 aromatic rings. The van der Waals surface area contributed by atoms with Gasteiger partial charge in [-0.05, 0) is 49.6 Å². The van der Waals surface area contributed by atoms with Gasteiger partial charge in [0, 0.05) is 38.4 Å². The van der Waals surface area contributed by atoms with E-state index in [0.717, 1.165) is 4.31 Å². The first kappa shape index (κ1) is 24.1. The van der Waals surface area contributed by atoms with Crippen LogP contribution in [0.4, 0.5) is 10.5 Å². The number of nitrogens with zero attached hydrogens (tertiary/aromatic N) is 4. The van der Waals surface area contributed by atoms with E-state index in [9.17, 15) is 18.0 Å². The molecule has 2 aromatic carbocycles. The third-order valence-corrected chi connectivity index (χ3v) is 8.30. The van der Waals surface area contributed by atoms with Crippen molar-refractivity contribution in [1.29, 1.82) is 0 Å². The van der Waals surface area contributed by atoms with Crippen LogP contribution >= 0.6 is 0 Å². The molecule has 2 heterocycles. The zero-order chi connectivity index (χ0) is 24.5. The molecule has 34 heavy (non-hydrogen) atoms. The number of benzene rings is 2. The normalized spacial score (nSPS) is 19.1. The Bertz CT molecular complexity index is 1160. The van der Waals surface area contributed by atoms with E-state index in [1.165, 1.54) is 33.8 Å². The zero-order valence-electron chi connectivity index (χ0n) is 20.0. The molecule has 0 radical (unpaired) electrons. The molecule has 0 aliphatic carbocycles. The molecule has 1 unspecified atom stereocenters. The second-order valence-corrected chi connectivity index (χ2v) is 10.8. The van der Waals surface area contributed by atoms with Crippen molar-refractivity contribution in [3.63, 3.8) is 0 Å². The topological polar surface area (TPSA) is 81.2 Å². The summed E-state index contributed by atoms with van der Waals surface area (Å²) < 4.78 is 27.1. The summed E-state index contributed by atoms with van der Waals surface area (Å²) in [5, 5.41) is 0. The number of anilines is 1. The molecule has 9 heteroatoms. The predicted molar refractivity (Wildman–Crippen MR) is 131 cm³/mol. The molecule has 1 atom stereocenters. The van der Waals surface area contributed by atoms with Gasteiger partial charge in [-0.25, -0.2) is 17.5 Å². The fourth-order valence-electron chi connectivity index (χ4n) is 4.67. The van der Waals surface area contributed by atoms with Gasteiger partial charge in [-0.2, -0.15) is 0 Å². The first-order chi connectivity index (χ1) is 16.2. The number of rotatable bonds is 6. The maximum absolute atomic E-state index is 13.5. The minimum absolute atomic E-state index is 0.0510. The molecule has 0 bridgehead atoms. The van der Waals surface area contributed by atoms with Crippen LogP contribution in [-0.4, -0.2) is 79.8 Å². The van der Waals surface area contributed by atoms with Crippen molar-refractivity contribution in [2.24, 2.45) is 0 Å². The van der Waals surface area contributed by atoms with E-state index in [-0.39, 0.29) is 17.3 Å². The van der Waals surface area contributed by atoms with Gasteiger partial charge in [0.1, 0.15) is 6.04 Å². The molecular formula is C25H32N4O4S. The first-order valence-corrected chi connectivity index (χ1v) is 13.2. The lowest BCUT2D eigenvalue weighted by Gasteiger charge is -2.38. The van der Waals surface area contributed by atoms with Gasteiger partial charge in [-0.15, -0.1) is 0 Å². The number of urea groups is 1. The highest BCUT2D eigenvalue weighted by Gasteiger charge is 2.47. The summed E-state index contributed by atoms with van der Waals surface area (Å²) in [6, 6.07) is 12.8. The van der Waals surface area contributed by atoms with Crippen LogP contribution in [0.1, 0.15) is 24.5 Å². The second-order valence-electron chi connectivity index (χ2n) is 8.94. The van der Waals surface area contributed by atoms with E-state index in [2.05, 4.69) is 36.9 Å². The molecule has 0 spiro atoms. The van der Waals surface area contributed by atoms with E-state index < -0.39 is 22.1 Å². The van der Waals surface area contributed by atoms with E-state index >= 15 is 0 Å². The highest BCUT2D eigenvalue weighted by atomic mass is 32.2. The van der Waals surface area contributed by atoms with Crippen molar-refractivity contribution in [1.82, 2.24) is 14.1 Å². The number of carbonyl (C=O) groups is 2. The Labute approximate surface area is 201 Å². The number of sulfonamides is 1. The van der Waals surface area contributed by atoms with E-state index in [1.54, 1.807) is 23.1 Å². The fourth-order valence-corrected chi connectivity index (χ4v) is 6.08. The van der Waals surface area contributed by atoms with Crippen LogP contribution in [0.2, 0.25) is 0 Å². The number of hydrogen-bond donors (Lipinski definition) is 0. The third-order valence-electron chi connectivity index (χ3n) is 6.55. The molecule has 2 fully saturated rings. The van der Waals surface area contributed by atoms with Crippen LogP contribution in [0, 0.1) is 13.8 Å². The smallest absolute Gasteiger partial charge is 0.334 e. The monoisotopic (exact) mass is 484 g/mol. The Morgan fingerprint density at radius 3 is 2.32 bits per heavy atom. The lowest BCUT2D eigenvalue weighted by atomic mass is 10.1. The van der Waals surface area contributed by atoms with Crippen molar-refractivity contribution in [2.75, 3.05) is 44.2 Å². The SMILES string of the molecule is CCCN1C(=O)N(S(=O)(=O)c2ccccc2)CC1C(=O)N1CCN(c2cc(C)ccc2C)CC1. The molecule has 2 aliphatic heterocycles. The summed E-state index contributed by atoms with van der Waals surface area (Å²) in [5.74, 6) is -0.187. The molecule has 0 saturated carbocycles. The van der Waals surface area contributed by atoms with Gasteiger partial charge in [0.25, 0.3) is 10.0 Å². The van der Waals surface area contributed by atoms with Gasteiger partial charge >= 0.3 is 6.03 Å². The van der Waals surface area contributed by atoms with Crippen molar-refractivity contribution in [3.8, 4) is 0 Å². The van der Waals surface area contributed by atoms with Gasteiger partial charge in [0.2, 0.25) is 5.91 Å². The molecule has 3 amide bonds. The number of hydrogen-bond acceptors (Lipinski definition) is 5. The van der Waals surface area contributed by atoms with Gasteiger partial charge in [-0.3, -0.25) is 4.79 Å². The summed E-state index contributed by atoms with van der Waals surface area (Å²) in [6.07, 6.45) is 0.634. The quantitative estimate of drug-likeness (QED) is 0.630. The maximum atomic E-state index is 13.5. The zero-order valence-corrected chi connectivity index (χ0v) is 20.8. The Morgan fingerprint density at radius 1 is 1.00 bits per heavy atom. The Kier molecular flexibility index (Phi) is 6.84. The lowest BCUT2D eigenvalue weighted by molar-refractivity contribution is -0.135. The minimum atomic E-state index is -4.03. The molecule has 0 aromatic heterocycles. The van der Waals surface area contributed by atoms with Crippen LogP contribution in [0.3, 0.4) is 0 Å². The number of amides is 3. The average Bonchev–Trinajstić information content (AvgIpc) is 3.18. The molecule has 0 N–H and O–H groups in total. The standard InChI is InChI=1S/C25H32N4O4S/c1-4-12-28-23(18-29(25(28)31)34(32,33)21-8-6-5-7-9-21)24(30)27-15-13-26(14-16-27)22-17-19(2)10-11-20(22)3/h5-11,17,23H,4,12-16,18H2,1-3H3. The molecule has 4 rings (SSSR count).